The van der Waals surface area contributed by atoms with Crippen molar-refractivity contribution in [2.24, 2.45) is 0 Å². The van der Waals surface area contributed by atoms with Crippen molar-refractivity contribution in [3.05, 3.63) is 30.2 Å². The molecule has 0 radical (unpaired) electrons. The topological polar surface area (TPSA) is 127 Å². The minimum atomic E-state index is -0.553. The van der Waals surface area contributed by atoms with Crippen LogP contribution in [0.4, 0.5) is 10.6 Å². The zero-order chi connectivity index (χ0) is 24.5. The van der Waals surface area contributed by atoms with E-state index in [-0.39, 0.29) is 18.7 Å². The Bertz CT molecular complexity index is 1170. The van der Waals surface area contributed by atoms with Crippen molar-refractivity contribution in [3.8, 4) is 17.2 Å². The fourth-order valence-electron chi connectivity index (χ4n) is 3.87. The number of carbonyl (C=O) groups excluding carboxylic acids is 1. The van der Waals surface area contributed by atoms with Crippen molar-refractivity contribution in [3.63, 3.8) is 0 Å². The number of nitrogens with two attached hydrogens (primary N) is 1. The van der Waals surface area contributed by atoms with Crippen molar-refractivity contribution >= 4 is 22.9 Å². The zero-order valence-corrected chi connectivity index (χ0v) is 20.1. The van der Waals surface area contributed by atoms with Gasteiger partial charge >= 0.3 is 6.09 Å². The summed E-state index contributed by atoms with van der Waals surface area (Å²) < 4.78 is 23.9. The van der Waals surface area contributed by atoms with Crippen LogP contribution in [0, 0.1) is 0 Å². The first-order chi connectivity index (χ1) is 16.2. The minimum absolute atomic E-state index is 0.0741. The van der Waals surface area contributed by atoms with E-state index < -0.39 is 5.60 Å². The normalized spacial score (nSPS) is 16.0. The number of ether oxygens (including phenoxy) is 4. The first-order valence-corrected chi connectivity index (χ1v) is 11.0. The summed E-state index contributed by atoms with van der Waals surface area (Å²) in [5.74, 6) is 2.10. The van der Waals surface area contributed by atoms with Gasteiger partial charge in [-0.15, -0.1) is 0 Å². The number of anilines is 1. The van der Waals surface area contributed by atoms with Crippen LogP contribution in [0.3, 0.4) is 0 Å². The molecule has 1 amide bonds. The van der Waals surface area contributed by atoms with Crippen molar-refractivity contribution in [1.29, 1.82) is 0 Å². The molecule has 1 aliphatic rings. The molecule has 0 bridgehead atoms. The molecule has 0 aliphatic carbocycles. The molecule has 11 heteroatoms. The molecule has 2 N–H and O–H groups in total. The number of hydrogen-bond acceptors (Lipinski definition) is 9. The fraction of sp³-hybridized carbons (Fsp3) is 0.478. The molecule has 34 heavy (non-hydrogen) atoms. The molecule has 182 valence electrons. The van der Waals surface area contributed by atoms with Crippen LogP contribution in [0.15, 0.2) is 24.5 Å². The lowest BCUT2D eigenvalue weighted by Crippen LogP contribution is -2.35. The monoisotopic (exact) mass is 470 g/mol. The van der Waals surface area contributed by atoms with Crippen molar-refractivity contribution in [2.45, 2.75) is 45.4 Å². The Hall–Kier alpha value is -3.76. The van der Waals surface area contributed by atoms with E-state index in [0.717, 1.165) is 0 Å². The lowest BCUT2D eigenvalue weighted by atomic mass is 10.2. The second-order valence-electron chi connectivity index (χ2n) is 9.05. The van der Waals surface area contributed by atoms with E-state index in [1.165, 1.54) is 6.33 Å². The number of benzene rings is 1. The van der Waals surface area contributed by atoms with Gasteiger partial charge in [0.2, 0.25) is 0 Å². The van der Waals surface area contributed by atoms with E-state index in [1.807, 2.05) is 25.5 Å². The Morgan fingerprint density at radius 1 is 1.12 bits per heavy atom. The quantitative estimate of drug-likeness (QED) is 0.578. The highest BCUT2D eigenvalue weighted by Gasteiger charge is 2.33. The molecule has 0 saturated carbocycles. The third-order valence-corrected chi connectivity index (χ3v) is 5.45. The van der Waals surface area contributed by atoms with Gasteiger partial charge in [0.25, 0.3) is 0 Å². The molecule has 1 saturated heterocycles. The molecular weight excluding hydrogens is 440 g/mol. The third-order valence-electron chi connectivity index (χ3n) is 5.45. The maximum Gasteiger partial charge on any atom is 0.410 e. The summed E-state index contributed by atoms with van der Waals surface area (Å²) in [6.45, 7) is 6.72. The molecule has 1 atom stereocenters. The van der Waals surface area contributed by atoms with Crippen LogP contribution in [0.1, 0.15) is 38.9 Å². The number of nitrogen functional groups attached to an aromatic ring is 1. The average Bonchev–Trinajstić information content (AvgIpc) is 3.42. The molecule has 0 spiro atoms. The molecule has 3 heterocycles. The Morgan fingerprint density at radius 2 is 1.79 bits per heavy atom. The number of hydrogen-bond donors (Lipinski definition) is 1. The molecule has 1 aromatic carbocycles. The van der Waals surface area contributed by atoms with Crippen molar-refractivity contribution < 1.29 is 23.7 Å². The molecule has 1 fully saturated rings. The van der Waals surface area contributed by atoms with E-state index in [2.05, 4.69) is 9.97 Å². The van der Waals surface area contributed by atoms with Gasteiger partial charge in [-0.25, -0.2) is 19.4 Å². The van der Waals surface area contributed by atoms with Gasteiger partial charge in [0, 0.05) is 31.3 Å². The number of fused-ring (bicyclic) bond motifs is 1. The summed E-state index contributed by atoms with van der Waals surface area (Å²) in [4.78, 5) is 22.8. The maximum absolute atomic E-state index is 12.5. The van der Waals surface area contributed by atoms with Gasteiger partial charge in [-0.2, -0.15) is 5.10 Å². The van der Waals surface area contributed by atoms with Gasteiger partial charge in [0.15, 0.2) is 5.65 Å². The fourth-order valence-corrected chi connectivity index (χ4v) is 3.87. The van der Waals surface area contributed by atoms with Crippen molar-refractivity contribution in [2.75, 3.05) is 33.0 Å². The van der Waals surface area contributed by atoms with Gasteiger partial charge in [-0.1, -0.05) is 0 Å². The molecule has 1 unspecified atom stereocenters. The van der Waals surface area contributed by atoms with E-state index in [0.29, 0.717) is 59.3 Å². The van der Waals surface area contributed by atoms with Gasteiger partial charge in [-0.05, 0) is 27.2 Å². The standard InChI is InChI=1S/C23H30N6O5/c1-23(2,3)34-22(30)28-7-6-14(11-28)29-21-19(20(24)25-13-26-21)18(27-29)12-33-17-9-15(31-4)8-16(10-17)32-5/h8-10,13-14H,6-7,11-12H2,1-5H3,(H2,24,25,26). The number of likely N-dealkylation sites (tertiary alicyclic amines) is 1. The van der Waals surface area contributed by atoms with Crippen LogP contribution in [-0.2, 0) is 11.3 Å². The SMILES string of the molecule is COc1cc(OC)cc(OCc2nn(C3CCN(C(=O)OC(C)(C)C)C3)c3ncnc(N)c23)c1. The first-order valence-electron chi connectivity index (χ1n) is 11.0. The van der Waals surface area contributed by atoms with Gasteiger partial charge in [0.05, 0.1) is 25.6 Å². The predicted molar refractivity (Wildman–Crippen MR) is 125 cm³/mol. The zero-order valence-electron chi connectivity index (χ0n) is 20.1. The molecule has 2 aromatic heterocycles. The Labute approximate surface area is 197 Å². The Balaban J connectivity index is 1.58. The highest BCUT2D eigenvalue weighted by molar-refractivity contribution is 5.88. The van der Waals surface area contributed by atoms with Crippen LogP contribution in [-0.4, -0.2) is 63.7 Å². The maximum atomic E-state index is 12.5. The lowest BCUT2D eigenvalue weighted by molar-refractivity contribution is 0.0288. The number of nitrogens with zero attached hydrogens (tertiary/aromatic N) is 5. The largest absolute Gasteiger partial charge is 0.496 e. The summed E-state index contributed by atoms with van der Waals surface area (Å²) in [5, 5.41) is 5.40. The van der Waals surface area contributed by atoms with Crippen LogP contribution < -0.4 is 19.9 Å². The van der Waals surface area contributed by atoms with E-state index >= 15 is 0 Å². The predicted octanol–water partition coefficient (Wildman–Crippen LogP) is 3.19. The summed E-state index contributed by atoms with van der Waals surface area (Å²) in [6, 6.07) is 5.21. The second-order valence-corrected chi connectivity index (χ2v) is 9.05. The summed E-state index contributed by atoms with van der Waals surface area (Å²) in [5.41, 5.74) is 6.84. The highest BCUT2D eigenvalue weighted by atomic mass is 16.6. The molecule has 3 aromatic rings. The molecular formula is C23H30N6O5. The van der Waals surface area contributed by atoms with Gasteiger partial charge in [0.1, 0.15) is 47.3 Å². The summed E-state index contributed by atoms with van der Waals surface area (Å²) in [7, 11) is 3.15. The number of aromatic nitrogens is 4. The number of carbonyl (C=O) groups is 1. The van der Waals surface area contributed by atoms with Crippen LogP contribution in [0.2, 0.25) is 0 Å². The molecule has 11 nitrogen and oxygen atoms in total. The molecule has 4 rings (SSSR count). The van der Waals surface area contributed by atoms with Crippen LogP contribution >= 0.6 is 0 Å². The van der Waals surface area contributed by atoms with Gasteiger partial charge in [-0.3, -0.25) is 0 Å². The van der Waals surface area contributed by atoms with E-state index in [9.17, 15) is 4.79 Å². The Kier molecular flexibility index (Phi) is 6.36. The van der Waals surface area contributed by atoms with Gasteiger partial charge < -0.3 is 29.6 Å². The third kappa shape index (κ3) is 4.92. The summed E-state index contributed by atoms with van der Waals surface area (Å²) >= 11 is 0. The number of methoxy groups -OCH3 is 2. The smallest absolute Gasteiger partial charge is 0.410 e. The van der Waals surface area contributed by atoms with Crippen LogP contribution in [0.5, 0.6) is 17.2 Å². The average molecular weight is 471 g/mol. The van der Waals surface area contributed by atoms with Crippen LogP contribution in [0.25, 0.3) is 11.0 Å². The van der Waals surface area contributed by atoms with E-state index in [4.69, 9.17) is 29.8 Å². The first kappa shape index (κ1) is 23.4. The number of rotatable bonds is 6. The van der Waals surface area contributed by atoms with E-state index in [1.54, 1.807) is 37.3 Å². The number of amides is 1. The van der Waals surface area contributed by atoms with Crippen molar-refractivity contribution in [1.82, 2.24) is 24.6 Å². The summed E-state index contributed by atoms with van der Waals surface area (Å²) in [6.07, 6.45) is 1.79. The lowest BCUT2D eigenvalue weighted by Gasteiger charge is -2.24. The molecule has 1 aliphatic heterocycles. The second kappa shape index (κ2) is 9.24. The minimum Gasteiger partial charge on any atom is -0.496 e. The Morgan fingerprint density at radius 3 is 2.44 bits per heavy atom. The highest BCUT2D eigenvalue weighted by Crippen LogP contribution is 2.31.